The van der Waals surface area contributed by atoms with Crippen LogP contribution < -0.4 is 4.72 Å². The van der Waals surface area contributed by atoms with Gasteiger partial charge < -0.3 is 0 Å². The van der Waals surface area contributed by atoms with Crippen molar-refractivity contribution in [3.63, 3.8) is 0 Å². The summed E-state index contributed by atoms with van der Waals surface area (Å²) in [4.78, 5) is 0. The van der Waals surface area contributed by atoms with Crippen LogP contribution in [-0.4, -0.2) is 20.7 Å². The Morgan fingerprint density at radius 2 is 2.00 bits per heavy atom. The highest BCUT2D eigenvalue weighted by atomic mass is 32.2. The van der Waals surface area contributed by atoms with Crippen LogP contribution in [0, 0.1) is 11.6 Å². The Bertz CT molecular complexity index is 489. The molecule has 0 saturated carbocycles. The molecule has 1 aromatic rings. The second kappa shape index (κ2) is 6.80. The van der Waals surface area contributed by atoms with E-state index in [2.05, 4.69) is 4.72 Å². The Morgan fingerprint density at radius 3 is 2.61 bits per heavy atom. The molecule has 0 bridgehead atoms. The topological polar surface area (TPSA) is 46.2 Å². The molecule has 0 atom stereocenters. The molecule has 0 aromatic heterocycles. The van der Waals surface area contributed by atoms with Gasteiger partial charge in [-0.15, -0.1) is 0 Å². The van der Waals surface area contributed by atoms with E-state index in [1.807, 2.05) is 6.92 Å². The third kappa shape index (κ3) is 5.10. The van der Waals surface area contributed by atoms with E-state index >= 15 is 0 Å². The van der Waals surface area contributed by atoms with E-state index in [4.69, 9.17) is 0 Å². The minimum atomic E-state index is -3.28. The maximum absolute atomic E-state index is 13.3. The van der Waals surface area contributed by atoms with Crippen LogP contribution in [0.2, 0.25) is 0 Å². The third-order valence-electron chi connectivity index (χ3n) is 2.50. The highest BCUT2D eigenvalue weighted by Gasteiger charge is 2.09. The minimum absolute atomic E-state index is 0.0788. The van der Waals surface area contributed by atoms with Crippen molar-refractivity contribution >= 4 is 10.0 Å². The Balaban J connectivity index is 2.46. The Kier molecular flexibility index (Phi) is 5.68. The quantitative estimate of drug-likeness (QED) is 0.830. The standard InChI is InChI=1S/C12H17F2NO2S/c1-2-3-8-18(16,17)15-7-6-10-4-5-11(13)9-12(10)14/h4-5,9,15H,2-3,6-8H2,1H3. The van der Waals surface area contributed by atoms with E-state index in [0.29, 0.717) is 12.0 Å². The SMILES string of the molecule is CCCCS(=O)(=O)NCCc1ccc(F)cc1F. The molecule has 0 heterocycles. The predicted octanol–water partition coefficient (Wildman–Crippen LogP) is 2.23. The largest absolute Gasteiger partial charge is 0.215 e. The first kappa shape index (κ1) is 15.0. The van der Waals surface area contributed by atoms with Gasteiger partial charge >= 0.3 is 0 Å². The molecule has 1 N–H and O–H groups in total. The summed E-state index contributed by atoms with van der Waals surface area (Å²) in [7, 11) is -3.28. The average molecular weight is 277 g/mol. The fraction of sp³-hybridized carbons (Fsp3) is 0.500. The molecule has 0 spiro atoms. The fourth-order valence-electron chi connectivity index (χ4n) is 1.47. The molecular weight excluding hydrogens is 260 g/mol. The van der Waals surface area contributed by atoms with Gasteiger partial charge in [-0.05, 0) is 24.5 Å². The zero-order valence-electron chi connectivity index (χ0n) is 10.2. The third-order valence-corrected chi connectivity index (χ3v) is 3.97. The van der Waals surface area contributed by atoms with Crippen molar-refractivity contribution in [3.8, 4) is 0 Å². The molecule has 0 amide bonds. The fourth-order valence-corrected chi connectivity index (χ4v) is 2.70. The van der Waals surface area contributed by atoms with Gasteiger partial charge in [-0.3, -0.25) is 0 Å². The molecule has 0 unspecified atom stereocenters. The van der Waals surface area contributed by atoms with E-state index < -0.39 is 21.7 Å². The van der Waals surface area contributed by atoms with Crippen molar-refractivity contribution in [2.75, 3.05) is 12.3 Å². The van der Waals surface area contributed by atoms with E-state index in [1.54, 1.807) is 0 Å². The molecule has 0 aliphatic rings. The van der Waals surface area contributed by atoms with Gasteiger partial charge in [0, 0.05) is 12.6 Å². The number of rotatable bonds is 7. The molecule has 0 aliphatic heterocycles. The Morgan fingerprint density at radius 1 is 1.28 bits per heavy atom. The van der Waals surface area contributed by atoms with Crippen LogP contribution in [0.5, 0.6) is 0 Å². The molecule has 1 rings (SSSR count). The molecule has 18 heavy (non-hydrogen) atoms. The molecule has 0 fully saturated rings. The first-order valence-corrected chi connectivity index (χ1v) is 7.51. The van der Waals surface area contributed by atoms with Crippen molar-refractivity contribution in [3.05, 3.63) is 35.4 Å². The minimum Gasteiger partial charge on any atom is -0.215 e. The van der Waals surface area contributed by atoms with Crippen LogP contribution in [-0.2, 0) is 16.4 Å². The molecular formula is C12H17F2NO2S. The highest BCUT2D eigenvalue weighted by molar-refractivity contribution is 7.89. The van der Waals surface area contributed by atoms with Gasteiger partial charge in [0.2, 0.25) is 10.0 Å². The van der Waals surface area contributed by atoms with Crippen LogP contribution in [0.4, 0.5) is 8.78 Å². The summed E-state index contributed by atoms with van der Waals surface area (Å²) >= 11 is 0. The summed E-state index contributed by atoms with van der Waals surface area (Å²) in [6, 6.07) is 3.27. The van der Waals surface area contributed by atoms with E-state index in [0.717, 1.165) is 18.6 Å². The highest BCUT2D eigenvalue weighted by Crippen LogP contribution is 2.09. The lowest BCUT2D eigenvalue weighted by atomic mass is 10.1. The Labute approximate surface area is 106 Å². The van der Waals surface area contributed by atoms with Gasteiger partial charge in [0.05, 0.1) is 5.75 Å². The molecule has 0 saturated heterocycles. The second-order valence-electron chi connectivity index (χ2n) is 4.05. The van der Waals surface area contributed by atoms with Gasteiger partial charge in [-0.1, -0.05) is 19.4 Å². The van der Waals surface area contributed by atoms with Gasteiger partial charge in [-0.25, -0.2) is 21.9 Å². The van der Waals surface area contributed by atoms with Gasteiger partial charge in [0.1, 0.15) is 11.6 Å². The molecule has 102 valence electrons. The Hall–Kier alpha value is -1.01. The lowest BCUT2D eigenvalue weighted by Crippen LogP contribution is -2.28. The zero-order valence-corrected chi connectivity index (χ0v) is 11.1. The lowest BCUT2D eigenvalue weighted by Gasteiger charge is -2.06. The first-order chi connectivity index (χ1) is 8.44. The van der Waals surface area contributed by atoms with E-state index in [-0.39, 0.29) is 18.7 Å². The van der Waals surface area contributed by atoms with Crippen molar-refractivity contribution in [2.24, 2.45) is 0 Å². The summed E-state index contributed by atoms with van der Waals surface area (Å²) < 4.78 is 51.2. The van der Waals surface area contributed by atoms with Crippen LogP contribution in [0.1, 0.15) is 25.3 Å². The smallest absolute Gasteiger partial charge is 0.211 e. The van der Waals surface area contributed by atoms with Gasteiger partial charge in [0.15, 0.2) is 0 Å². The van der Waals surface area contributed by atoms with Crippen molar-refractivity contribution < 1.29 is 17.2 Å². The number of sulfonamides is 1. The molecule has 0 radical (unpaired) electrons. The van der Waals surface area contributed by atoms with Gasteiger partial charge in [-0.2, -0.15) is 0 Å². The van der Waals surface area contributed by atoms with Crippen molar-refractivity contribution in [1.82, 2.24) is 4.72 Å². The summed E-state index contributed by atoms with van der Waals surface area (Å²) in [6.45, 7) is 2.03. The number of halogens is 2. The van der Waals surface area contributed by atoms with Gasteiger partial charge in [0.25, 0.3) is 0 Å². The molecule has 3 nitrogen and oxygen atoms in total. The zero-order chi connectivity index (χ0) is 13.6. The van der Waals surface area contributed by atoms with Crippen molar-refractivity contribution in [2.45, 2.75) is 26.2 Å². The molecule has 6 heteroatoms. The number of benzene rings is 1. The predicted molar refractivity (Wildman–Crippen MR) is 66.8 cm³/mol. The summed E-state index contributed by atoms with van der Waals surface area (Å²) in [6.07, 6.45) is 1.60. The van der Waals surface area contributed by atoms with Crippen LogP contribution >= 0.6 is 0 Å². The number of hydrogen-bond donors (Lipinski definition) is 1. The monoisotopic (exact) mass is 277 g/mol. The maximum atomic E-state index is 13.3. The normalized spacial score (nSPS) is 11.7. The average Bonchev–Trinajstić information content (AvgIpc) is 2.29. The maximum Gasteiger partial charge on any atom is 0.211 e. The van der Waals surface area contributed by atoms with Crippen molar-refractivity contribution in [1.29, 1.82) is 0 Å². The molecule has 1 aromatic carbocycles. The second-order valence-corrected chi connectivity index (χ2v) is 5.98. The summed E-state index contributed by atoms with van der Waals surface area (Å²) in [5, 5.41) is 0. The summed E-state index contributed by atoms with van der Waals surface area (Å²) in [5.41, 5.74) is 0.301. The van der Waals surface area contributed by atoms with Crippen LogP contribution in [0.15, 0.2) is 18.2 Å². The lowest BCUT2D eigenvalue weighted by molar-refractivity contribution is 0.564. The van der Waals surface area contributed by atoms with Crippen LogP contribution in [0.3, 0.4) is 0 Å². The van der Waals surface area contributed by atoms with Crippen LogP contribution in [0.25, 0.3) is 0 Å². The number of nitrogens with one attached hydrogen (secondary N) is 1. The summed E-state index contributed by atoms with van der Waals surface area (Å²) in [5.74, 6) is -1.21. The first-order valence-electron chi connectivity index (χ1n) is 5.86. The van der Waals surface area contributed by atoms with E-state index in [1.165, 1.54) is 6.07 Å². The number of unbranched alkanes of at least 4 members (excludes halogenated alkanes) is 1. The molecule has 0 aliphatic carbocycles. The number of hydrogen-bond acceptors (Lipinski definition) is 2. The van der Waals surface area contributed by atoms with E-state index in [9.17, 15) is 17.2 Å².